The zero-order chi connectivity index (χ0) is 14.8. The fourth-order valence-electron chi connectivity index (χ4n) is 2.76. The summed E-state index contributed by atoms with van der Waals surface area (Å²) in [7, 11) is 3.53. The fraction of sp³-hybridized carbons (Fsp3) is 0.714. The fourth-order valence-corrected chi connectivity index (χ4v) is 2.76. The van der Waals surface area contributed by atoms with Gasteiger partial charge in [0, 0.05) is 39.4 Å². The van der Waals surface area contributed by atoms with E-state index in [0.29, 0.717) is 13.2 Å². The highest BCUT2D eigenvalue weighted by atomic mass is 16.5. The van der Waals surface area contributed by atoms with Gasteiger partial charge in [0.25, 0.3) is 0 Å². The molecule has 2 rings (SSSR count). The van der Waals surface area contributed by atoms with Crippen LogP contribution < -0.4 is 10.6 Å². The van der Waals surface area contributed by atoms with Crippen LogP contribution in [0.25, 0.3) is 0 Å². The van der Waals surface area contributed by atoms with Crippen molar-refractivity contribution in [3.05, 3.63) is 18.0 Å². The van der Waals surface area contributed by atoms with Crippen LogP contribution in [-0.2, 0) is 16.6 Å². The average molecular weight is 280 g/mol. The summed E-state index contributed by atoms with van der Waals surface area (Å²) in [5, 5.41) is 10.6. The van der Waals surface area contributed by atoms with E-state index < -0.39 is 0 Å². The van der Waals surface area contributed by atoms with E-state index >= 15 is 0 Å². The highest BCUT2D eigenvalue weighted by Crippen LogP contribution is 2.28. The molecule has 0 unspecified atom stereocenters. The highest BCUT2D eigenvalue weighted by molar-refractivity contribution is 5.81. The monoisotopic (exact) mass is 280 g/mol. The minimum atomic E-state index is -0.353. The molecule has 2 N–H and O–H groups in total. The molecule has 0 aliphatic carbocycles. The average Bonchev–Trinajstić information content (AvgIpc) is 2.95. The predicted octanol–water partition coefficient (Wildman–Crippen LogP) is 0.264. The largest absolute Gasteiger partial charge is 0.382 e. The lowest BCUT2D eigenvalue weighted by Gasteiger charge is -2.28. The molecule has 2 atom stereocenters. The molecule has 112 valence electrons. The van der Waals surface area contributed by atoms with Crippen molar-refractivity contribution in [1.29, 1.82) is 0 Å². The van der Waals surface area contributed by atoms with Crippen LogP contribution in [-0.4, -0.2) is 48.0 Å². The zero-order valence-corrected chi connectivity index (χ0v) is 12.6. The quantitative estimate of drug-likeness (QED) is 0.812. The third kappa shape index (κ3) is 3.37. The SMILES string of the molecule is COCC(C)(C)NC(=O)[C@H]1CNC[C@@H]1c1cnn(C)c1. The number of nitrogens with one attached hydrogen (secondary N) is 2. The first-order valence-corrected chi connectivity index (χ1v) is 6.93. The number of ether oxygens (including phenoxy) is 1. The highest BCUT2D eigenvalue weighted by Gasteiger charge is 2.36. The van der Waals surface area contributed by atoms with Gasteiger partial charge in [-0.05, 0) is 19.4 Å². The number of carbonyl (C=O) groups excluding carboxylic acids is 1. The Labute approximate surface area is 119 Å². The maximum atomic E-state index is 12.5. The van der Waals surface area contributed by atoms with Crippen molar-refractivity contribution in [2.75, 3.05) is 26.8 Å². The zero-order valence-electron chi connectivity index (χ0n) is 12.6. The van der Waals surface area contributed by atoms with E-state index in [1.807, 2.05) is 33.3 Å². The summed E-state index contributed by atoms with van der Waals surface area (Å²) < 4.78 is 6.92. The third-order valence-electron chi connectivity index (χ3n) is 3.67. The van der Waals surface area contributed by atoms with Crippen molar-refractivity contribution < 1.29 is 9.53 Å². The van der Waals surface area contributed by atoms with Crippen LogP contribution in [0.15, 0.2) is 12.4 Å². The minimum absolute atomic E-state index is 0.0599. The van der Waals surface area contributed by atoms with E-state index in [2.05, 4.69) is 15.7 Å². The predicted molar refractivity (Wildman–Crippen MR) is 76.4 cm³/mol. The number of rotatable bonds is 5. The summed E-state index contributed by atoms with van der Waals surface area (Å²) in [5.74, 6) is 0.197. The molecule has 1 aliphatic heterocycles. The first-order chi connectivity index (χ1) is 9.43. The van der Waals surface area contributed by atoms with Crippen LogP contribution in [0.2, 0.25) is 0 Å². The smallest absolute Gasteiger partial charge is 0.225 e. The van der Waals surface area contributed by atoms with Gasteiger partial charge in [-0.2, -0.15) is 5.10 Å². The second-order valence-electron chi connectivity index (χ2n) is 6.12. The number of aryl methyl sites for hydroxylation is 1. The molecule has 0 aromatic carbocycles. The minimum Gasteiger partial charge on any atom is -0.382 e. The lowest BCUT2D eigenvalue weighted by molar-refractivity contribution is -0.127. The Morgan fingerprint density at radius 3 is 2.95 bits per heavy atom. The van der Waals surface area contributed by atoms with Crippen molar-refractivity contribution in [3.8, 4) is 0 Å². The molecule has 6 nitrogen and oxygen atoms in total. The van der Waals surface area contributed by atoms with Gasteiger partial charge in [0.1, 0.15) is 0 Å². The van der Waals surface area contributed by atoms with Crippen molar-refractivity contribution in [1.82, 2.24) is 20.4 Å². The van der Waals surface area contributed by atoms with Gasteiger partial charge in [-0.15, -0.1) is 0 Å². The molecule has 6 heteroatoms. The normalized spacial score (nSPS) is 23.0. The van der Waals surface area contributed by atoms with E-state index in [9.17, 15) is 4.79 Å². The second kappa shape index (κ2) is 5.93. The third-order valence-corrected chi connectivity index (χ3v) is 3.67. The van der Waals surface area contributed by atoms with Gasteiger partial charge in [-0.25, -0.2) is 0 Å². The molecule has 1 aliphatic rings. The summed E-state index contributed by atoms with van der Waals surface area (Å²) in [5.41, 5.74) is 0.760. The van der Waals surface area contributed by atoms with E-state index in [-0.39, 0.29) is 23.3 Å². The van der Waals surface area contributed by atoms with Crippen LogP contribution in [0.1, 0.15) is 25.3 Å². The Hall–Kier alpha value is -1.40. The van der Waals surface area contributed by atoms with E-state index in [0.717, 1.165) is 12.1 Å². The molecular weight excluding hydrogens is 256 g/mol. The molecule has 0 bridgehead atoms. The number of methoxy groups -OCH3 is 1. The standard InChI is InChI=1S/C14H24N4O2/c1-14(2,9-20-4)17-13(19)12-7-15-6-11(12)10-5-16-18(3)8-10/h5,8,11-12,15H,6-7,9H2,1-4H3,(H,17,19)/t11-,12+/m1/s1. The lowest BCUT2D eigenvalue weighted by Crippen LogP contribution is -2.50. The van der Waals surface area contributed by atoms with Gasteiger partial charge < -0.3 is 15.4 Å². The van der Waals surface area contributed by atoms with Gasteiger partial charge >= 0.3 is 0 Å². The molecule has 0 spiro atoms. The summed E-state index contributed by atoms with van der Waals surface area (Å²) >= 11 is 0. The number of hydrogen-bond donors (Lipinski definition) is 2. The van der Waals surface area contributed by atoms with Crippen LogP contribution in [0, 0.1) is 5.92 Å². The molecular formula is C14H24N4O2. The molecule has 2 heterocycles. The summed E-state index contributed by atoms with van der Waals surface area (Å²) in [6.07, 6.45) is 3.83. The first kappa shape index (κ1) is 15.0. The molecule has 0 radical (unpaired) electrons. The number of amides is 1. The van der Waals surface area contributed by atoms with E-state index in [1.54, 1.807) is 11.8 Å². The number of hydrogen-bond acceptors (Lipinski definition) is 4. The molecule has 1 amide bonds. The molecule has 1 saturated heterocycles. The molecule has 1 aromatic rings. The Kier molecular flexibility index (Phi) is 4.45. The maximum absolute atomic E-state index is 12.5. The van der Waals surface area contributed by atoms with Gasteiger partial charge in [0.05, 0.1) is 24.3 Å². The van der Waals surface area contributed by atoms with Crippen molar-refractivity contribution >= 4 is 5.91 Å². The van der Waals surface area contributed by atoms with Gasteiger partial charge in [0.2, 0.25) is 5.91 Å². The van der Waals surface area contributed by atoms with Gasteiger partial charge in [-0.3, -0.25) is 9.48 Å². The van der Waals surface area contributed by atoms with Crippen LogP contribution >= 0.6 is 0 Å². The van der Waals surface area contributed by atoms with Gasteiger partial charge in [0.15, 0.2) is 0 Å². The summed E-state index contributed by atoms with van der Waals surface area (Å²) in [6.45, 7) is 5.95. The number of nitrogens with zero attached hydrogens (tertiary/aromatic N) is 2. The summed E-state index contributed by atoms with van der Waals surface area (Å²) in [6, 6.07) is 0. The topological polar surface area (TPSA) is 68.2 Å². The van der Waals surface area contributed by atoms with Gasteiger partial charge in [-0.1, -0.05) is 0 Å². The van der Waals surface area contributed by atoms with Crippen molar-refractivity contribution in [2.45, 2.75) is 25.3 Å². The first-order valence-electron chi connectivity index (χ1n) is 6.93. The summed E-state index contributed by atoms with van der Waals surface area (Å²) in [4.78, 5) is 12.5. The lowest BCUT2D eigenvalue weighted by atomic mass is 9.89. The number of aromatic nitrogens is 2. The molecule has 0 saturated carbocycles. The maximum Gasteiger partial charge on any atom is 0.225 e. The molecule has 1 fully saturated rings. The van der Waals surface area contributed by atoms with E-state index in [4.69, 9.17) is 4.74 Å². The Balaban J connectivity index is 2.05. The Morgan fingerprint density at radius 1 is 1.60 bits per heavy atom. The van der Waals surface area contributed by atoms with Crippen molar-refractivity contribution in [2.24, 2.45) is 13.0 Å². The second-order valence-corrected chi connectivity index (χ2v) is 6.12. The molecule has 1 aromatic heterocycles. The van der Waals surface area contributed by atoms with E-state index in [1.165, 1.54) is 0 Å². The Morgan fingerprint density at radius 2 is 2.35 bits per heavy atom. The number of carbonyl (C=O) groups is 1. The van der Waals surface area contributed by atoms with Crippen LogP contribution in [0.3, 0.4) is 0 Å². The molecule has 20 heavy (non-hydrogen) atoms. The van der Waals surface area contributed by atoms with Crippen LogP contribution in [0.4, 0.5) is 0 Å². The van der Waals surface area contributed by atoms with Crippen LogP contribution in [0.5, 0.6) is 0 Å². The Bertz CT molecular complexity index is 469. The van der Waals surface area contributed by atoms with Crippen molar-refractivity contribution in [3.63, 3.8) is 0 Å².